The summed E-state index contributed by atoms with van der Waals surface area (Å²) in [5.41, 5.74) is 1.96. The zero-order valence-electron chi connectivity index (χ0n) is 8.16. The maximum atomic E-state index is 6.15. The van der Waals surface area contributed by atoms with Crippen molar-refractivity contribution in [1.82, 2.24) is 9.88 Å². The van der Waals surface area contributed by atoms with Crippen LogP contribution in [0.25, 0.3) is 5.70 Å². The smallest absolute Gasteiger partial charge is 0.131 e. The van der Waals surface area contributed by atoms with Crippen LogP contribution < -0.4 is 5.32 Å². The van der Waals surface area contributed by atoms with E-state index in [0.29, 0.717) is 0 Å². The Labute approximate surface area is 88.1 Å². The molecule has 1 unspecified atom stereocenters. The van der Waals surface area contributed by atoms with Gasteiger partial charge in [0.2, 0.25) is 0 Å². The van der Waals surface area contributed by atoms with E-state index >= 15 is 0 Å². The van der Waals surface area contributed by atoms with E-state index in [1.165, 1.54) is 0 Å². The van der Waals surface area contributed by atoms with Gasteiger partial charge in [0.05, 0.1) is 17.7 Å². The van der Waals surface area contributed by atoms with E-state index < -0.39 is 5.00 Å². The van der Waals surface area contributed by atoms with Crippen molar-refractivity contribution >= 4 is 23.6 Å². The van der Waals surface area contributed by atoms with Gasteiger partial charge < -0.3 is 9.88 Å². The first-order valence-electron chi connectivity index (χ1n) is 4.42. The van der Waals surface area contributed by atoms with E-state index in [1.807, 2.05) is 42.9 Å². The lowest BCUT2D eigenvalue weighted by Gasteiger charge is -2.22. The fraction of sp³-hybridized carbons (Fsp3) is 0.300. The highest BCUT2D eigenvalue weighted by Gasteiger charge is 2.20. The molecule has 74 valence electrons. The van der Waals surface area contributed by atoms with Crippen LogP contribution >= 0.6 is 11.6 Å². The van der Waals surface area contributed by atoms with E-state index in [9.17, 15) is 0 Å². The molecule has 0 aromatic carbocycles. The van der Waals surface area contributed by atoms with Crippen LogP contribution in [0.2, 0.25) is 0 Å². The lowest BCUT2D eigenvalue weighted by atomic mass is 10.2. The molecule has 1 aromatic rings. The first kappa shape index (κ1) is 9.34. The summed E-state index contributed by atoms with van der Waals surface area (Å²) in [5.74, 6) is 0. The van der Waals surface area contributed by atoms with Gasteiger partial charge >= 0.3 is 0 Å². The lowest BCUT2D eigenvalue weighted by Crippen LogP contribution is -2.35. The van der Waals surface area contributed by atoms with Gasteiger partial charge in [0.25, 0.3) is 0 Å². The number of aryl methyl sites for hydroxylation is 1. The van der Waals surface area contributed by atoms with E-state index in [4.69, 9.17) is 11.6 Å². The average molecular weight is 210 g/mol. The fourth-order valence-electron chi connectivity index (χ4n) is 1.43. The van der Waals surface area contributed by atoms with Crippen molar-refractivity contribution in [1.29, 1.82) is 0 Å². The predicted octanol–water partition coefficient (Wildman–Crippen LogP) is 1.95. The second-order valence-electron chi connectivity index (χ2n) is 3.51. The Morgan fingerprint density at radius 2 is 2.36 bits per heavy atom. The van der Waals surface area contributed by atoms with Gasteiger partial charge in [-0.15, -0.1) is 0 Å². The summed E-state index contributed by atoms with van der Waals surface area (Å²) in [6.07, 6.45) is 5.53. The number of aliphatic imine (C=N–C) groups is 1. The predicted molar refractivity (Wildman–Crippen MR) is 59.3 cm³/mol. The molecule has 0 amide bonds. The highest BCUT2D eigenvalue weighted by Crippen LogP contribution is 2.24. The largest absolute Gasteiger partial charge is 0.355 e. The molecule has 4 heteroatoms. The van der Waals surface area contributed by atoms with Crippen molar-refractivity contribution in [3.63, 3.8) is 0 Å². The molecule has 1 aromatic heterocycles. The number of halogens is 1. The van der Waals surface area contributed by atoms with Crippen LogP contribution in [-0.2, 0) is 7.05 Å². The molecule has 0 fully saturated rings. The minimum atomic E-state index is -0.540. The van der Waals surface area contributed by atoms with Gasteiger partial charge in [0.1, 0.15) is 5.00 Å². The molecule has 1 aliphatic heterocycles. The van der Waals surface area contributed by atoms with Gasteiger partial charge in [-0.2, -0.15) is 0 Å². The Bertz CT molecular complexity index is 401. The van der Waals surface area contributed by atoms with E-state index in [1.54, 1.807) is 6.34 Å². The highest BCUT2D eigenvalue weighted by molar-refractivity contribution is 6.26. The monoisotopic (exact) mass is 209 g/mol. The molecule has 1 aliphatic rings. The molecule has 0 bridgehead atoms. The Hall–Kier alpha value is -1.22. The normalized spacial score (nSPS) is 25.8. The molecular weight excluding hydrogens is 198 g/mol. The lowest BCUT2D eigenvalue weighted by molar-refractivity contribution is 0.726. The molecule has 0 saturated heterocycles. The van der Waals surface area contributed by atoms with Gasteiger partial charge in [0, 0.05) is 13.2 Å². The summed E-state index contributed by atoms with van der Waals surface area (Å²) in [6, 6.07) is 4.00. The van der Waals surface area contributed by atoms with Crippen LogP contribution in [0.4, 0.5) is 0 Å². The SMILES string of the molecule is Cn1cccc1C1=CC(C)(Cl)NC=N1. The van der Waals surface area contributed by atoms with E-state index in [-0.39, 0.29) is 0 Å². The standard InChI is InChI=1S/C10H12ClN3/c1-10(11)6-8(12-7-13-10)9-4-3-5-14(9)2/h3-7H,1-2H3,(H,12,13). The maximum Gasteiger partial charge on any atom is 0.131 e. The van der Waals surface area contributed by atoms with Crippen molar-refractivity contribution in [2.75, 3.05) is 0 Å². The zero-order valence-corrected chi connectivity index (χ0v) is 8.92. The maximum absolute atomic E-state index is 6.15. The van der Waals surface area contributed by atoms with Gasteiger partial charge in [-0.25, -0.2) is 4.99 Å². The third-order valence-electron chi connectivity index (χ3n) is 2.16. The Balaban J connectivity index is 2.41. The zero-order chi connectivity index (χ0) is 10.2. The molecule has 2 rings (SSSR count). The molecular formula is C10H12ClN3. The second-order valence-corrected chi connectivity index (χ2v) is 4.30. The summed E-state index contributed by atoms with van der Waals surface area (Å²) in [4.78, 5) is 3.71. The van der Waals surface area contributed by atoms with Crippen molar-refractivity contribution in [2.45, 2.75) is 11.9 Å². The Kier molecular flexibility index (Phi) is 2.11. The number of aromatic nitrogens is 1. The van der Waals surface area contributed by atoms with Crippen LogP contribution in [0.15, 0.2) is 29.4 Å². The molecule has 0 spiro atoms. The highest BCUT2D eigenvalue weighted by atomic mass is 35.5. The topological polar surface area (TPSA) is 29.3 Å². The second kappa shape index (κ2) is 3.17. The number of nitrogens with one attached hydrogen (secondary N) is 1. The minimum absolute atomic E-state index is 0.540. The van der Waals surface area contributed by atoms with Crippen molar-refractivity contribution in [3.05, 3.63) is 30.1 Å². The van der Waals surface area contributed by atoms with Crippen molar-refractivity contribution in [2.24, 2.45) is 12.0 Å². The Morgan fingerprint density at radius 1 is 1.57 bits per heavy atom. The number of hydrogen-bond acceptors (Lipinski definition) is 2. The molecule has 0 aliphatic carbocycles. The summed E-state index contributed by atoms with van der Waals surface area (Å²) in [6.45, 7) is 1.89. The van der Waals surface area contributed by atoms with Gasteiger partial charge in [-0.05, 0) is 25.1 Å². The number of nitrogens with zero attached hydrogens (tertiary/aromatic N) is 2. The van der Waals surface area contributed by atoms with Crippen LogP contribution in [0.3, 0.4) is 0 Å². The number of hydrogen-bond donors (Lipinski definition) is 1. The van der Waals surface area contributed by atoms with E-state index in [2.05, 4.69) is 10.3 Å². The van der Waals surface area contributed by atoms with Gasteiger partial charge in [-0.3, -0.25) is 0 Å². The number of rotatable bonds is 1. The summed E-state index contributed by atoms with van der Waals surface area (Å²) < 4.78 is 2.02. The third-order valence-corrected chi connectivity index (χ3v) is 2.38. The van der Waals surface area contributed by atoms with Gasteiger partial charge in [-0.1, -0.05) is 11.6 Å². The first-order chi connectivity index (χ1) is 6.58. The quantitative estimate of drug-likeness (QED) is 0.556. The minimum Gasteiger partial charge on any atom is -0.355 e. The van der Waals surface area contributed by atoms with Gasteiger partial charge in [0.15, 0.2) is 0 Å². The average Bonchev–Trinajstić information content (AvgIpc) is 2.49. The van der Waals surface area contributed by atoms with Crippen molar-refractivity contribution < 1.29 is 0 Å². The molecule has 2 heterocycles. The molecule has 3 nitrogen and oxygen atoms in total. The molecule has 14 heavy (non-hydrogen) atoms. The molecule has 0 radical (unpaired) electrons. The van der Waals surface area contributed by atoms with Crippen LogP contribution in [0.1, 0.15) is 12.6 Å². The molecule has 1 atom stereocenters. The fourth-order valence-corrected chi connectivity index (χ4v) is 1.58. The Morgan fingerprint density at radius 3 is 2.93 bits per heavy atom. The number of alkyl halides is 1. The van der Waals surface area contributed by atoms with Crippen LogP contribution in [-0.4, -0.2) is 15.9 Å². The summed E-state index contributed by atoms with van der Waals surface area (Å²) in [5, 5.41) is 2.96. The summed E-state index contributed by atoms with van der Waals surface area (Å²) >= 11 is 6.15. The van der Waals surface area contributed by atoms with Crippen molar-refractivity contribution in [3.8, 4) is 0 Å². The third kappa shape index (κ3) is 1.68. The van der Waals surface area contributed by atoms with E-state index in [0.717, 1.165) is 11.4 Å². The first-order valence-corrected chi connectivity index (χ1v) is 4.80. The van der Waals surface area contributed by atoms with Crippen LogP contribution in [0, 0.1) is 0 Å². The molecule has 0 saturated carbocycles. The molecule has 1 N–H and O–H groups in total. The summed E-state index contributed by atoms with van der Waals surface area (Å²) in [7, 11) is 1.99. The van der Waals surface area contributed by atoms with Crippen LogP contribution in [0.5, 0.6) is 0 Å².